The van der Waals surface area contributed by atoms with Gasteiger partial charge in [0.1, 0.15) is 0 Å². The van der Waals surface area contributed by atoms with Crippen LogP contribution in [0.25, 0.3) is 0 Å². The van der Waals surface area contributed by atoms with Crippen molar-refractivity contribution in [3.8, 4) is 0 Å². The van der Waals surface area contributed by atoms with E-state index in [0.717, 1.165) is 32.4 Å². The minimum absolute atomic E-state index is 0.102. The lowest BCUT2D eigenvalue weighted by Crippen LogP contribution is -2.46. The number of nitrogens with one attached hydrogen (secondary N) is 1. The van der Waals surface area contributed by atoms with Gasteiger partial charge in [0, 0.05) is 24.3 Å². The zero-order valence-electron chi connectivity index (χ0n) is 12.9. The molecule has 3 heteroatoms. The zero-order chi connectivity index (χ0) is 14.4. The third-order valence-electron chi connectivity index (χ3n) is 4.80. The number of likely N-dealkylation sites (N-methyl/N-ethyl adjacent to an activating group) is 1. The fourth-order valence-electron chi connectivity index (χ4n) is 3.20. The second-order valence-corrected chi connectivity index (χ2v) is 5.86. The summed E-state index contributed by atoms with van der Waals surface area (Å²) in [6.07, 6.45) is 5.57. The van der Waals surface area contributed by atoms with Crippen molar-refractivity contribution in [1.82, 2.24) is 5.32 Å². The van der Waals surface area contributed by atoms with Crippen molar-refractivity contribution in [1.29, 1.82) is 0 Å². The fourth-order valence-corrected chi connectivity index (χ4v) is 3.20. The summed E-state index contributed by atoms with van der Waals surface area (Å²) in [6.45, 7) is 4.61. The van der Waals surface area contributed by atoms with Crippen LogP contribution in [0.5, 0.6) is 0 Å². The lowest BCUT2D eigenvalue weighted by molar-refractivity contribution is 0.153. The molecule has 0 aromatic heterocycles. The van der Waals surface area contributed by atoms with E-state index in [1.165, 1.54) is 24.1 Å². The smallest absolute Gasteiger partial charge is 0.0613 e. The van der Waals surface area contributed by atoms with Crippen LogP contribution in [0.15, 0.2) is 24.3 Å². The molecule has 0 fully saturated rings. The zero-order valence-corrected chi connectivity index (χ0v) is 12.9. The van der Waals surface area contributed by atoms with E-state index in [1.807, 2.05) is 7.05 Å². The minimum Gasteiger partial charge on any atom is -0.394 e. The number of hydrogen-bond acceptors (Lipinski definition) is 3. The van der Waals surface area contributed by atoms with Gasteiger partial charge in [-0.05, 0) is 50.8 Å². The number of aliphatic hydroxyl groups is 1. The number of anilines is 1. The summed E-state index contributed by atoms with van der Waals surface area (Å²) in [5, 5.41) is 12.9. The Morgan fingerprint density at radius 1 is 1.35 bits per heavy atom. The van der Waals surface area contributed by atoms with Gasteiger partial charge in [-0.1, -0.05) is 25.1 Å². The molecular formula is C17H28N2O. The third kappa shape index (κ3) is 3.33. The number of rotatable bonds is 7. The maximum absolute atomic E-state index is 9.60. The second kappa shape index (κ2) is 7.09. The van der Waals surface area contributed by atoms with Crippen molar-refractivity contribution in [2.45, 2.75) is 44.6 Å². The van der Waals surface area contributed by atoms with Crippen molar-refractivity contribution in [3.05, 3.63) is 29.8 Å². The summed E-state index contributed by atoms with van der Waals surface area (Å²) in [4.78, 5) is 2.51. The van der Waals surface area contributed by atoms with Crippen molar-refractivity contribution in [2.75, 3.05) is 31.6 Å². The molecule has 0 radical (unpaired) electrons. The van der Waals surface area contributed by atoms with Crippen molar-refractivity contribution in [2.24, 2.45) is 0 Å². The van der Waals surface area contributed by atoms with Gasteiger partial charge in [-0.15, -0.1) is 0 Å². The Labute approximate surface area is 123 Å². The molecule has 0 bridgehead atoms. The van der Waals surface area contributed by atoms with Crippen LogP contribution in [0.3, 0.4) is 0 Å². The standard InChI is InChI=1S/C17H28N2O/c1-3-17(14-20,18-2)11-7-13-19-12-6-9-15-8-4-5-10-16(15)19/h4-5,8,10,18,20H,3,6-7,9,11-14H2,1-2H3. The summed E-state index contributed by atoms with van der Waals surface area (Å²) in [6, 6.07) is 8.76. The minimum atomic E-state index is -0.102. The highest BCUT2D eigenvalue weighted by molar-refractivity contribution is 5.55. The number of fused-ring (bicyclic) bond motifs is 1. The number of hydrogen-bond donors (Lipinski definition) is 2. The van der Waals surface area contributed by atoms with Crippen LogP contribution in [0.1, 0.15) is 38.2 Å². The van der Waals surface area contributed by atoms with E-state index < -0.39 is 0 Å². The Hall–Kier alpha value is -1.06. The number of aryl methyl sites for hydroxylation is 1. The van der Waals surface area contributed by atoms with Gasteiger partial charge in [-0.25, -0.2) is 0 Å². The molecule has 2 rings (SSSR count). The Morgan fingerprint density at radius 3 is 2.85 bits per heavy atom. The van der Waals surface area contributed by atoms with Gasteiger partial charge >= 0.3 is 0 Å². The molecule has 0 amide bonds. The van der Waals surface area contributed by atoms with Gasteiger partial charge in [0.25, 0.3) is 0 Å². The highest BCUT2D eigenvalue weighted by Crippen LogP contribution is 2.27. The SMILES string of the molecule is CCC(CO)(CCCN1CCCc2ccccc21)NC. The van der Waals surface area contributed by atoms with E-state index >= 15 is 0 Å². The van der Waals surface area contributed by atoms with Gasteiger partial charge in [0.2, 0.25) is 0 Å². The predicted octanol–water partition coefficient (Wildman–Crippen LogP) is 2.58. The summed E-state index contributed by atoms with van der Waals surface area (Å²) in [5.41, 5.74) is 2.79. The van der Waals surface area contributed by atoms with Crippen LogP contribution in [-0.4, -0.2) is 37.4 Å². The molecule has 2 N–H and O–H groups in total. The molecule has 1 atom stereocenters. The molecule has 1 unspecified atom stereocenters. The van der Waals surface area contributed by atoms with Crippen LogP contribution in [0, 0.1) is 0 Å². The van der Waals surface area contributed by atoms with Crippen LogP contribution < -0.4 is 10.2 Å². The predicted molar refractivity (Wildman–Crippen MR) is 85.4 cm³/mol. The molecule has 3 nitrogen and oxygen atoms in total. The first-order chi connectivity index (χ1) is 9.74. The lowest BCUT2D eigenvalue weighted by Gasteiger charge is -2.34. The highest BCUT2D eigenvalue weighted by Gasteiger charge is 2.25. The van der Waals surface area contributed by atoms with Crippen LogP contribution >= 0.6 is 0 Å². The maximum Gasteiger partial charge on any atom is 0.0613 e. The first-order valence-corrected chi connectivity index (χ1v) is 7.87. The first-order valence-electron chi connectivity index (χ1n) is 7.87. The number of benzene rings is 1. The Bertz CT molecular complexity index is 407. The highest BCUT2D eigenvalue weighted by atomic mass is 16.3. The molecule has 1 heterocycles. The summed E-state index contributed by atoms with van der Waals surface area (Å²) in [7, 11) is 1.95. The molecule has 0 aliphatic carbocycles. The lowest BCUT2D eigenvalue weighted by atomic mass is 9.91. The molecule has 1 aliphatic rings. The molecule has 0 spiro atoms. The van der Waals surface area contributed by atoms with Crippen molar-refractivity contribution >= 4 is 5.69 Å². The first kappa shape index (κ1) is 15.3. The quantitative estimate of drug-likeness (QED) is 0.803. The molecule has 112 valence electrons. The Morgan fingerprint density at radius 2 is 2.15 bits per heavy atom. The molecule has 1 aromatic rings. The molecule has 0 saturated heterocycles. The van der Waals surface area contributed by atoms with Gasteiger partial charge < -0.3 is 15.3 Å². The number of nitrogens with zero attached hydrogens (tertiary/aromatic N) is 1. The van der Waals surface area contributed by atoms with E-state index in [-0.39, 0.29) is 12.1 Å². The molecule has 20 heavy (non-hydrogen) atoms. The molecule has 1 aromatic carbocycles. The molecule has 0 saturated carbocycles. The summed E-state index contributed by atoms with van der Waals surface area (Å²) < 4.78 is 0. The Balaban J connectivity index is 1.92. The van der Waals surface area contributed by atoms with E-state index in [4.69, 9.17) is 0 Å². The largest absolute Gasteiger partial charge is 0.394 e. The van der Waals surface area contributed by atoms with Crippen LogP contribution in [0.2, 0.25) is 0 Å². The van der Waals surface area contributed by atoms with Crippen LogP contribution in [0.4, 0.5) is 5.69 Å². The molecular weight excluding hydrogens is 248 g/mol. The topological polar surface area (TPSA) is 35.5 Å². The third-order valence-corrected chi connectivity index (χ3v) is 4.80. The number of para-hydroxylation sites is 1. The average molecular weight is 276 g/mol. The van der Waals surface area contributed by atoms with Gasteiger partial charge in [0.15, 0.2) is 0 Å². The molecule has 1 aliphatic heterocycles. The van der Waals surface area contributed by atoms with Crippen molar-refractivity contribution in [3.63, 3.8) is 0 Å². The Kier molecular flexibility index (Phi) is 5.44. The van der Waals surface area contributed by atoms with Gasteiger partial charge in [-0.2, -0.15) is 0 Å². The fraction of sp³-hybridized carbons (Fsp3) is 0.647. The average Bonchev–Trinajstić information content (AvgIpc) is 2.52. The van der Waals surface area contributed by atoms with Gasteiger partial charge in [-0.3, -0.25) is 0 Å². The van der Waals surface area contributed by atoms with E-state index in [1.54, 1.807) is 0 Å². The van der Waals surface area contributed by atoms with E-state index in [0.29, 0.717) is 0 Å². The normalized spacial score (nSPS) is 17.6. The number of aliphatic hydroxyl groups excluding tert-OH is 1. The van der Waals surface area contributed by atoms with Gasteiger partial charge in [0.05, 0.1) is 6.61 Å². The second-order valence-electron chi connectivity index (χ2n) is 5.86. The summed E-state index contributed by atoms with van der Waals surface area (Å²) in [5.74, 6) is 0. The van der Waals surface area contributed by atoms with Crippen LogP contribution in [-0.2, 0) is 6.42 Å². The maximum atomic E-state index is 9.60. The monoisotopic (exact) mass is 276 g/mol. The van der Waals surface area contributed by atoms with Crippen molar-refractivity contribution < 1.29 is 5.11 Å². The summed E-state index contributed by atoms with van der Waals surface area (Å²) >= 11 is 0. The van der Waals surface area contributed by atoms with E-state index in [9.17, 15) is 5.11 Å². The van der Waals surface area contributed by atoms with E-state index in [2.05, 4.69) is 41.4 Å².